The van der Waals surface area contributed by atoms with Crippen molar-refractivity contribution in [1.82, 2.24) is 0 Å². The van der Waals surface area contributed by atoms with Gasteiger partial charge in [-0.2, -0.15) is 0 Å². The summed E-state index contributed by atoms with van der Waals surface area (Å²) in [6.07, 6.45) is 0.989. The molecule has 2 unspecified atom stereocenters. The Bertz CT molecular complexity index is 641. The number of amides is 1. The molecule has 2 aromatic rings. The van der Waals surface area contributed by atoms with Gasteiger partial charge in [-0.3, -0.25) is 9.59 Å². The summed E-state index contributed by atoms with van der Waals surface area (Å²) in [4.78, 5) is 24.7. The molecular weight excluding hydrogens is 288 g/mol. The van der Waals surface area contributed by atoms with Crippen LogP contribution in [0, 0.1) is 5.92 Å². The Hall–Kier alpha value is -2.46. The molecule has 0 spiro atoms. The lowest BCUT2D eigenvalue weighted by Crippen LogP contribution is -2.38. The van der Waals surface area contributed by atoms with Gasteiger partial charge < -0.3 is 11.1 Å². The van der Waals surface area contributed by atoms with Gasteiger partial charge in [0.15, 0.2) is 5.78 Å². The van der Waals surface area contributed by atoms with Crippen molar-refractivity contribution in [3.63, 3.8) is 0 Å². The highest BCUT2D eigenvalue weighted by molar-refractivity contribution is 5.99. The van der Waals surface area contributed by atoms with E-state index in [0.29, 0.717) is 24.1 Å². The van der Waals surface area contributed by atoms with E-state index < -0.39 is 6.04 Å². The van der Waals surface area contributed by atoms with Gasteiger partial charge in [-0.25, -0.2) is 0 Å². The molecule has 0 saturated carbocycles. The minimum absolute atomic E-state index is 0.0380. The highest BCUT2D eigenvalue weighted by Crippen LogP contribution is 2.18. The fraction of sp³-hybridized carbons (Fsp3) is 0.263. The smallest absolute Gasteiger partial charge is 0.241 e. The standard InChI is InChI=1S/C19H22N2O2/c1-2-14(18(22)15-9-5-3-6-10-15)13-17(20)19(23)21-16-11-7-4-8-12-16/h3-12,14,17H,2,13,20H2,1H3,(H,21,23). The molecule has 2 atom stereocenters. The number of nitrogens with two attached hydrogens (primary N) is 1. The minimum Gasteiger partial charge on any atom is -0.325 e. The molecule has 0 aliphatic heterocycles. The highest BCUT2D eigenvalue weighted by Gasteiger charge is 2.24. The first kappa shape index (κ1) is 16.9. The van der Waals surface area contributed by atoms with Crippen LogP contribution in [0.4, 0.5) is 5.69 Å². The summed E-state index contributed by atoms with van der Waals surface area (Å²) in [7, 11) is 0. The van der Waals surface area contributed by atoms with Crippen molar-refractivity contribution >= 4 is 17.4 Å². The second kappa shape index (κ2) is 8.25. The average molecular weight is 310 g/mol. The minimum atomic E-state index is -0.715. The lowest BCUT2D eigenvalue weighted by Gasteiger charge is -2.18. The molecule has 0 aromatic heterocycles. The van der Waals surface area contributed by atoms with Crippen molar-refractivity contribution < 1.29 is 9.59 Å². The summed E-state index contributed by atoms with van der Waals surface area (Å²) in [6, 6.07) is 17.6. The third-order valence-electron chi connectivity index (χ3n) is 3.84. The molecule has 4 nitrogen and oxygen atoms in total. The van der Waals surface area contributed by atoms with Crippen LogP contribution in [0.15, 0.2) is 60.7 Å². The van der Waals surface area contributed by atoms with Crippen molar-refractivity contribution in [3.8, 4) is 0 Å². The first-order valence-electron chi connectivity index (χ1n) is 7.82. The second-order valence-electron chi connectivity index (χ2n) is 5.53. The summed E-state index contributed by atoms with van der Waals surface area (Å²) in [5.41, 5.74) is 7.36. The molecule has 0 aliphatic rings. The Balaban J connectivity index is 1.98. The van der Waals surface area contributed by atoms with Gasteiger partial charge in [0.2, 0.25) is 5.91 Å². The molecule has 4 heteroatoms. The Morgan fingerprint density at radius 2 is 1.57 bits per heavy atom. The normalized spacial score (nSPS) is 13.1. The zero-order valence-corrected chi connectivity index (χ0v) is 13.2. The van der Waals surface area contributed by atoms with E-state index in [1.54, 1.807) is 24.3 Å². The molecule has 1 amide bonds. The number of carbonyl (C=O) groups is 2. The van der Waals surface area contributed by atoms with Crippen LogP contribution < -0.4 is 11.1 Å². The monoisotopic (exact) mass is 310 g/mol. The topological polar surface area (TPSA) is 72.2 Å². The van der Waals surface area contributed by atoms with Crippen LogP contribution in [-0.2, 0) is 4.79 Å². The van der Waals surface area contributed by atoms with E-state index in [4.69, 9.17) is 5.73 Å². The molecule has 3 N–H and O–H groups in total. The largest absolute Gasteiger partial charge is 0.325 e. The fourth-order valence-electron chi connectivity index (χ4n) is 2.47. The van der Waals surface area contributed by atoms with E-state index in [2.05, 4.69) is 5.32 Å². The Labute approximate surface area is 136 Å². The molecule has 0 aliphatic carbocycles. The first-order valence-corrected chi connectivity index (χ1v) is 7.82. The van der Waals surface area contributed by atoms with Crippen LogP contribution in [0.1, 0.15) is 30.1 Å². The third kappa shape index (κ3) is 4.76. The maximum absolute atomic E-state index is 12.5. The van der Waals surface area contributed by atoms with Gasteiger partial charge in [0.05, 0.1) is 6.04 Å². The van der Waals surface area contributed by atoms with E-state index in [1.165, 1.54) is 0 Å². The number of ketones is 1. The van der Waals surface area contributed by atoms with Crippen molar-refractivity contribution in [1.29, 1.82) is 0 Å². The number of hydrogen-bond acceptors (Lipinski definition) is 3. The van der Waals surface area contributed by atoms with E-state index in [0.717, 1.165) is 0 Å². The van der Waals surface area contributed by atoms with E-state index in [1.807, 2.05) is 43.3 Å². The summed E-state index contributed by atoms with van der Waals surface area (Å²) in [6.45, 7) is 1.94. The SMILES string of the molecule is CCC(CC(N)C(=O)Nc1ccccc1)C(=O)c1ccccc1. The zero-order chi connectivity index (χ0) is 16.7. The number of anilines is 1. The second-order valence-corrected chi connectivity index (χ2v) is 5.53. The van der Waals surface area contributed by atoms with Crippen molar-refractivity contribution in [2.75, 3.05) is 5.32 Å². The molecular formula is C19H22N2O2. The predicted octanol–water partition coefficient (Wildman–Crippen LogP) is 3.25. The lowest BCUT2D eigenvalue weighted by molar-refractivity contribution is -0.117. The van der Waals surface area contributed by atoms with Gasteiger partial charge >= 0.3 is 0 Å². The van der Waals surface area contributed by atoms with Gasteiger partial charge in [0, 0.05) is 17.2 Å². The third-order valence-corrected chi connectivity index (χ3v) is 3.84. The number of hydrogen-bond donors (Lipinski definition) is 2. The summed E-state index contributed by atoms with van der Waals surface area (Å²) in [5.74, 6) is -0.486. The molecule has 2 rings (SSSR count). The molecule has 0 bridgehead atoms. The van der Waals surface area contributed by atoms with Gasteiger partial charge in [0.25, 0.3) is 0 Å². The number of benzene rings is 2. The molecule has 120 valence electrons. The number of para-hydroxylation sites is 1. The van der Waals surface area contributed by atoms with E-state index in [9.17, 15) is 9.59 Å². The van der Waals surface area contributed by atoms with Crippen LogP contribution in [0.2, 0.25) is 0 Å². The van der Waals surface area contributed by atoms with Crippen LogP contribution in [-0.4, -0.2) is 17.7 Å². The van der Waals surface area contributed by atoms with Gasteiger partial charge in [-0.05, 0) is 25.0 Å². The summed E-state index contributed by atoms with van der Waals surface area (Å²) >= 11 is 0. The molecule has 0 heterocycles. The maximum Gasteiger partial charge on any atom is 0.241 e. The first-order chi connectivity index (χ1) is 11.1. The van der Waals surface area contributed by atoms with Crippen LogP contribution >= 0.6 is 0 Å². The molecule has 0 saturated heterocycles. The lowest BCUT2D eigenvalue weighted by atomic mass is 9.89. The van der Waals surface area contributed by atoms with Crippen molar-refractivity contribution in [2.24, 2.45) is 11.7 Å². The summed E-state index contributed by atoms with van der Waals surface area (Å²) in [5, 5.41) is 2.77. The fourth-order valence-corrected chi connectivity index (χ4v) is 2.47. The van der Waals surface area contributed by atoms with Gasteiger partial charge in [-0.1, -0.05) is 55.5 Å². The van der Waals surface area contributed by atoms with Crippen LogP contribution in [0.25, 0.3) is 0 Å². The molecule has 0 fully saturated rings. The quantitative estimate of drug-likeness (QED) is 0.771. The predicted molar refractivity (Wildman–Crippen MR) is 92.2 cm³/mol. The number of carbonyl (C=O) groups excluding carboxylic acids is 2. The average Bonchev–Trinajstić information content (AvgIpc) is 2.60. The van der Waals surface area contributed by atoms with E-state index >= 15 is 0 Å². The zero-order valence-electron chi connectivity index (χ0n) is 13.2. The molecule has 0 radical (unpaired) electrons. The number of rotatable bonds is 7. The Morgan fingerprint density at radius 1 is 1.00 bits per heavy atom. The number of Topliss-reactive ketones (excluding diaryl/α,β-unsaturated/α-hetero) is 1. The number of nitrogens with one attached hydrogen (secondary N) is 1. The molecule has 23 heavy (non-hydrogen) atoms. The van der Waals surface area contributed by atoms with Crippen molar-refractivity contribution in [3.05, 3.63) is 66.2 Å². The van der Waals surface area contributed by atoms with Crippen LogP contribution in [0.5, 0.6) is 0 Å². The summed E-state index contributed by atoms with van der Waals surface area (Å²) < 4.78 is 0. The highest BCUT2D eigenvalue weighted by atomic mass is 16.2. The Kier molecular flexibility index (Phi) is 6.06. The van der Waals surface area contributed by atoms with Gasteiger partial charge in [0.1, 0.15) is 0 Å². The Morgan fingerprint density at radius 3 is 2.13 bits per heavy atom. The maximum atomic E-state index is 12.5. The van der Waals surface area contributed by atoms with E-state index in [-0.39, 0.29) is 17.6 Å². The van der Waals surface area contributed by atoms with Gasteiger partial charge in [-0.15, -0.1) is 0 Å². The van der Waals surface area contributed by atoms with Crippen LogP contribution in [0.3, 0.4) is 0 Å². The molecule has 2 aromatic carbocycles. The van der Waals surface area contributed by atoms with Crippen molar-refractivity contribution in [2.45, 2.75) is 25.8 Å².